The quantitative estimate of drug-likeness (QED) is 0.745. The van der Waals surface area contributed by atoms with Crippen LogP contribution in [0, 0.1) is 23.7 Å². The van der Waals surface area contributed by atoms with Gasteiger partial charge in [-0.15, -0.1) is 0 Å². The molecular formula is C23H22N2O5. The van der Waals surface area contributed by atoms with Crippen LogP contribution in [-0.4, -0.2) is 31.0 Å². The average Bonchev–Trinajstić information content (AvgIpc) is 3.37. The summed E-state index contributed by atoms with van der Waals surface area (Å²) < 4.78 is 10.6. The maximum absolute atomic E-state index is 12.8. The highest BCUT2D eigenvalue weighted by molar-refractivity contribution is 6.05. The summed E-state index contributed by atoms with van der Waals surface area (Å²) >= 11 is 0. The van der Waals surface area contributed by atoms with Gasteiger partial charge in [-0.2, -0.15) is 0 Å². The summed E-state index contributed by atoms with van der Waals surface area (Å²) in [6.45, 7) is 0. The van der Waals surface area contributed by atoms with Crippen molar-refractivity contribution in [3.8, 4) is 5.75 Å². The normalized spacial score (nSPS) is 28.2. The van der Waals surface area contributed by atoms with Crippen LogP contribution in [0.25, 0.3) is 0 Å². The van der Waals surface area contributed by atoms with Gasteiger partial charge in [0.15, 0.2) is 0 Å². The summed E-state index contributed by atoms with van der Waals surface area (Å²) in [6, 6.07) is 13.8. The first-order chi connectivity index (χ1) is 14.5. The van der Waals surface area contributed by atoms with Gasteiger partial charge in [-0.25, -0.2) is 0 Å². The van der Waals surface area contributed by atoms with Crippen LogP contribution in [0.5, 0.6) is 5.75 Å². The van der Waals surface area contributed by atoms with Gasteiger partial charge in [-0.1, -0.05) is 6.07 Å². The molecule has 2 aliphatic carbocycles. The molecule has 7 nitrogen and oxygen atoms in total. The lowest BCUT2D eigenvalue weighted by Gasteiger charge is -2.23. The van der Waals surface area contributed by atoms with E-state index in [1.54, 1.807) is 55.6 Å². The lowest BCUT2D eigenvalue weighted by molar-refractivity contribution is -0.145. The second-order valence-corrected chi connectivity index (χ2v) is 8.17. The third-order valence-electron chi connectivity index (χ3n) is 6.53. The first-order valence-electron chi connectivity index (χ1n) is 10.1. The van der Waals surface area contributed by atoms with Gasteiger partial charge >= 0.3 is 5.97 Å². The van der Waals surface area contributed by atoms with Crippen molar-refractivity contribution in [3.05, 3.63) is 54.1 Å². The van der Waals surface area contributed by atoms with Crippen molar-refractivity contribution >= 4 is 29.2 Å². The summed E-state index contributed by atoms with van der Waals surface area (Å²) in [4.78, 5) is 37.4. The van der Waals surface area contributed by atoms with E-state index < -0.39 is 0 Å². The summed E-state index contributed by atoms with van der Waals surface area (Å²) in [5.74, 6) is -0.185. The number of nitrogens with one attached hydrogen (secondary N) is 2. The number of benzene rings is 2. The van der Waals surface area contributed by atoms with Gasteiger partial charge in [-0.3, -0.25) is 14.4 Å². The molecule has 2 amide bonds. The first kappa shape index (κ1) is 18.7. The van der Waals surface area contributed by atoms with E-state index in [4.69, 9.17) is 9.47 Å². The molecule has 2 saturated carbocycles. The monoisotopic (exact) mass is 406 g/mol. The Morgan fingerprint density at radius 1 is 1.03 bits per heavy atom. The standard InChI is InChI=1S/C23H22N2O5/c1-29-16-4-2-3-15(11-16)25-21(26)12-5-7-14(8-6-12)24-22(27)19-13-9-17-18(10-13)30-23(28)20(17)19/h2-8,11,13,17-20H,9-10H2,1H3,(H,24,27)(H,25,26)/t13-,17-,18-,19-,20+/m1/s1. The van der Waals surface area contributed by atoms with E-state index in [1.165, 1.54) is 0 Å². The van der Waals surface area contributed by atoms with Crippen LogP contribution in [0.1, 0.15) is 23.2 Å². The van der Waals surface area contributed by atoms with Crippen LogP contribution < -0.4 is 15.4 Å². The Kier molecular flexibility index (Phi) is 4.46. The van der Waals surface area contributed by atoms with E-state index >= 15 is 0 Å². The van der Waals surface area contributed by atoms with Gasteiger partial charge in [0.2, 0.25) is 5.91 Å². The molecule has 3 aliphatic rings. The molecule has 0 aromatic heterocycles. The predicted molar refractivity (Wildman–Crippen MR) is 109 cm³/mol. The molecule has 3 fully saturated rings. The van der Waals surface area contributed by atoms with Crippen molar-refractivity contribution in [2.24, 2.45) is 23.7 Å². The number of hydrogen-bond donors (Lipinski definition) is 2. The van der Waals surface area contributed by atoms with Gasteiger partial charge in [-0.05, 0) is 55.2 Å². The van der Waals surface area contributed by atoms with Crippen LogP contribution >= 0.6 is 0 Å². The molecule has 2 aromatic carbocycles. The number of esters is 1. The molecule has 1 saturated heterocycles. The van der Waals surface area contributed by atoms with Crippen LogP contribution in [0.15, 0.2) is 48.5 Å². The summed E-state index contributed by atoms with van der Waals surface area (Å²) in [5.41, 5.74) is 1.70. The fraction of sp³-hybridized carbons (Fsp3) is 0.348. The molecule has 2 bridgehead atoms. The van der Waals surface area contributed by atoms with E-state index in [0.29, 0.717) is 22.7 Å². The largest absolute Gasteiger partial charge is 0.497 e. The predicted octanol–water partition coefficient (Wildman–Crippen LogP) is 3.08. The second-order valence-electron chi connectivity index (χ2n) is 8.17. The van der Waals surface area contributed by atoms with Gasteiger partial charge in [0.1, 0.15) is 11.9 Å². The minimum atomic E-state index is -0.322. The SMILES string of the molecule is COc1cccc(NC(=O)c2ccc(NC(=O)[C@@H]3[C@@H]4C[C@H]5[C@@H]3C(=O)O[C@@H]5C4)cc2)c1. The highest BCUT2D eigenvalue weighted by atomic mass is 16.6. The molecule has 1 aliphatic heterocycles. The fourth-order valence-electron chi connectivity index (χ4n) is 5.20. The van der Waals surface area contributed by atoms with Crippen molar-refractivity contribution in [2.45, 2.75) is 18.9 Å². The number of rotatable bonds is 5. The molecular weight excluding hydrogens is 384 g/mol. The van der Waals surface area contributed by atoms with Gasteiger partial charge in [0.05, 0.1) is 18.9 Å². The second kappa shape index (κ2) is 7.16. The first-order valence-corrected chi connectivity index (χ1v) is 10.1. The molecule has 0 unspecified atom stereocenters. The molecule has 1 heterocycles. The topological polar surface area (TPSA) is 93.7 Å². The van der Waals surface area contributed by atoms with Gasteiger partial charge in [0.25, 0.3) is 5.91 Å². The van der Waals surface area contributed by atoms with Crippen LogP contribution in [-0.2, 0) is 14.3 Å². The van der Waals surface area contributed by atoms with E-state index in [0.717, 1.165) is 12.8 Å². The van der Waals surface area contributed by atoms with E-state index in [1.807, 2.05) is 0 Å². The zero-order valence-electron chi connectivity index (χ0n) is 16.5. The molecule has 5 rings (SSSR count). The van der Waals surface area contributed by atoms with Crippen molar-refractivity contribution in [3.63, 3.8) is 0 Å². The Morgan fingerprint density at radius 2 is 1.83 bits per heavy atom. The molecule has 0 spiro atoms. The molecule has 5 atom stereocenters. The van der Waals surface area contributed by atoms with Crippen molar-refractivity contribution in [1.29, 1.82) is 0 Å². The lowest BCUT2D eigenvalue weighted by atomic mass is 9.79. The third-order valence-corrected chi connectivity index (χ3v) is 6.53. The van der Waals surface area contributed by atoms with Crippen molar-refractivity contribution in [2.75, 3.05) is 17.7 Å². The summed E-state index contributed by atoms with van der Waals surface area (Å²) in [6.07, 6.45) is 1.69. The van der Waals surface area contributed by atoms with Crippen LogP contribution in [0.4, 0.5) is 11.4 Å². The van der Waals surface area contributed by atoms with Gasteiger partial charge < -0.3 is 20.1 Å². The zero-order valence-corrected chi connectivity index (χ0v) is 16.5. The number of anilines is 2. The van der Waals surface area contributed by atoms with E-state index in [-0.39, 0.29) is 47.6 Å². The number of carbonyl (C=O) groups excluding carboxylic acids is 3. The maximum Gasteiger partial charge on any atom is 0.310 e. The molecule has 30 heavy (non-hydrogen) atoms. The number of carbonyl (C=O) groups is 3. The molecule has 7 heteroatoms. The molecule has 2 aromatic rings. The van der Waals surface area contributed by atoms with E-state index in [9.17, 15) is 14.4 Å². The number of ether oxygens (including phenoxy) is 2. The molecule has 2 N–H and O–H groups in total. The minimum Gasteiger partial charge on any atom is -0.497 e. The maximum atomic E-state index is 12.8. The number of methoxy groups -OCH3 is 1. The van der Waals surface area contributed by atoms with Crippen LogP contribution in [0.3, 0.4) is 0 Å². The molecule has 154 valence electrons. The Morgan fingerprint density at radius 3 is 2.60 bits per heavy atom. The Balaban J connectivity index is 1.23. The van der Waals surface area contributed by atoms with Crippen molar-refractivity contribution < 1.29 is 23.9 Å². The lowest BCUT2D eigenvalue weighted by Crippen LogP contribution is -2.35. The van der Waals surface area contributed by atoms with Gasteiger partial charge in [0, 0.05) is 28.9 Å². The molecule has 0 radical (unpaired) electrons. The minimum absolute atomic E-state index is 0.0129. The smallest absolute Gasteiger partial charge is 0.310 e. The number of fused-ring (bicyclic) bond motifs is 1. The third kappa shape index (κ3) is 3.10. The summed E-state index contributed by atoms with van der Waals surface area (Å²) in [7, 11) is 1.57. The van der Waals surface area contributed by atoms with Crippen LogP contribution in [0.2, 0.25) is 0 Å². The summed E-state index contributed by atoms with van der Waals surface area (Å²) in [5, 5.41) is 5.73. The highest BCUT2D eigenvalue weighted by Crippen LogP contribution is 2.57. The Hall–Kier alpha value is -3.35. The van der Waals surface area contributed by atoms with E-state index in [2.05, 4.69) is 10.6 Å². The fourth-order valence-corrected chi connectivity index (χ4v) is 5.20. The number of amides is 2. The average molecular weight is 406 g/mol. The number of hydrogen-bond acceptors (Lipinski definition) is 5. The zero-order chi connectivity index (χ0) is 20.8. The Bertz CT molecular complexity index is 1020. The Labute approximate surface area is 173 Å². The highest BCUT2D eigenvalue weighted by Gasteiger charge is 2.63. The van der Waals surface area contributed by atoms with Crippen molar-refractivity contribution in [1.82, 2.24) is 0 Å².